The second kappa shape index (κ2) is 4.71. The van der Waals surface area contributed by atoms with Gasteiger partial charge in [0, 0.05) is 0 Å². The average molecular weight is 253 g/mol. The summed E-state index contributed by atoms with van der Waals surface area (Å²) in [5.74, 6) is -1.28. The minimum absolute atomic E-state index is 0.144. The van der Waals surface area contributed by atoms with Crippen LogP contribution in [-0.2, 0) is 4.79 Å². The monoisotopic (exact) mass is 253 g/mol. The van der Waals surface area contributed by atoms with E-state index in [1.54, 1.807) is 0 Å². The van der Waals surface area contributed by atoms with Gasteiger partial charge in [0.25, 0.3) is 11.7 Å². The summed E-state index contributed by atoms with van der Waals surface area (Å²) < 4.78 is 0. The number of hydrogen-bond acceptors (Lipinski definition) is 5. The van der Waals surface area contributed by atoms with Gasteiger partial charge in [-0.25, -0.2) is 4.79 Å². The fraction of sp³-hybridized carbons (Fsp3) is 0.700. The number of aromatic nitrogens is 4. The van der Waals surface area contributed by atoms with Gasteiger partial charge < -0.3 is 10.4 Å². The van der Waals surface area contributed by atoms with E-state index in [4.69, 9.17) is 0 Å². The molecule has 1 saturated carbocycles. The molecule has 1 aromatic heterocycles. The quantitative estimate of drug-likeness (QED) is 0.695. The molecule has 1 aromatic rings. The highest BCUT2D eigenvalue weighted by molar-refractivity contribution is 5.94. The highest BCUT2D eigenvalue weighted by Gasteiger charge is 2.43. The van der Waals surface area contributed by atoms with Crippen LogP contribution in [0.2, 0.25) is 0 Å². The molecule has 0 spiro atoms. The van der Waals surface area contributed by atoms with E-state index in [1.165, 1.54) is 0 Å². The van der Waals surface area contributed by atoms with Crippen LogP contribution in [0.15, 0.2) is 0 Å². The predicted molar refractivity (Wildman–Crippen MR) is 59.6 cm³/mol. The Morgan fingerprint density at radius 2 is 2.11 bits per heavy atom. The van der Waals surface area contributed by atoms with E-state index in [0.717, 1.165) is 12.8 Å². The fourth-order valence-corrected chi connectivity index (χ4v) is 2.18. The van der Waals surface area contributed by atoms with E-state index in [0.29, 0.717) is 18.8 Å². The maximum atomic E-state index is 11.8. The van der Waals surface area contributed by atoms with Gasteiger partial charge in [0.15, 0.2) is 0 Å². The zero-order chi connectivity index (χ0) is 13.2. The van der Waals surface area contributed by atoms with Gasteiger partial charge >= 0.3 is 5.97 Å². The molecule has 0 atom stereocenters. The van der Waals surface area contributed by atoms with Crippen molar-refractivity contribution in [2.45, 2.75) is 38.1 Å². The van der Waals surface area contributed by atoms with Crippen molar-refractivity contribution in [1.82, 2.24) is 25.9 Å². The molecule has 1 aliphatic carbocycles. The molecule has 0 aliphatic heterocycles. The molecule has 18 heavy (non-hydrogen) atoms. The Balaban J connectivity index is 2.12. The molecule has 1 amide bonds. The number of carboxylic acid groups (broad SMARTS) is 1. The molecule has 1 aliphatic rings. The smallest absolute Gasteiger partial charge is 0.329 e. The average Bonchev–Trinajstić information content (AvgIpc) is 2.85. The molecule has 0 aromatic carbocycles. The lowest BCUT2D eigenvalue weighted by molar-refractivity contribution is -0.146. The molecule has 3 N–H and O–H groups in total. The van der Waals surface area contributed by atoms with Gasteiger partial charge in [-0.05, 0) is 36.8 Å². The van der Waals surface area contributed by atoms with E-state index in [1.807, 2.05) is 0 Å². The van der Waals surface area contributed by atoms with Crippen LogP contribution in [0.1, 0.15) is 43.2 Å². The van der Waals surface area contributed by atoms with Gasteiger partial charge in [0.05, 0.1) is 0 Å². The highest BCUT2D eigenvalue weighted by atomic mass is 16.4. The molecule has 1 fully saturated rings. The first-order valence-corrected chi connectivity index (χ1v) is 5.83. The van der Waals surface area contributed by atoms with Crippen molar-refractivity contribution in [3.05, 3.63) is 5.82 Å². The molecular weight excluding hydrogens is 238 g/mol. The summed E-state index contributed by atoms with van der Waals surface area (Å²) in [6, 6.07) is 0. The first-order valence-electron chi connectivity index (χ1n) is 5.83. The van der Waals surface area contributed by atoms with Crippen molar-refractivity contribution in [3.63, 3.8) is 0 Å². The lowest BCUT2D eigenvalue weighted by Crippen LogP contribution is -2.56. The van der Waals surface area contributed by atoms with Crippen LogP contribution in [-0.4, -0.2) is 43.1 Å². The lowest BCUT2D eigenvalue weighted by Gasteiger charge is -2.36. The number of nitrogens with zero attached hydrogens (tertiary/aromatic N) is 3. The molecule has 0 saturated heterocycles. The van der Waals surface area contributed by atoms with Crippen LogP contribution in [0.3, 0.4) is 0 Å². The molecule has 8 nitrogen and oxygen atoms in total. The SMILES string of the molecule is CC1CCC(NC(=O)c2nn[nH]n2)(C(=O)O)CC1. The Bertz CT molecular complexity index is 436. The summed E-state index contributed by atoms with van der Waals surface area (Å²) in [6.45, 7) is 2.08. The number of amides is 1. The second-order valence-corrected chi connectivity index (χ2v) is 4.76. The van der Waals surface area contributed by atoms with Crippen molar-refractivity contribution in [3.8, 4) is 0 Å². The Morgan fingerprint density at radius 3 is 2.61 bits per heavy atom. The summed E-state index contributed by atoms with van der Waals surface area (Å²) in [7, 11) is 0. The van der Waals surface area contributed by atoms with Crippen LogP contribution < -0.4 is 5.32 Å². The number of tetrazole rings is 1. The van der Waals surface area contributed by atoms with E-state index in [-0.39, 0.29) is 5.82 Å². The summed E-state index contributed by atoms with van der Waals surface area (Å²) in [6.07, 6.45) is 2.40. The predicted octanol–water partition coefficient (Wildman–Crippen LogP) is -0.0370. The molecule has 8 heteroatoms. The molecule has 0 unspecified atom stereocenters. The van der Waals surface area contributed by atoms with E-state index in [2.05, 4.69) is 32.9 Å². The normalized spacial score (nSPS) is 27.7. The standard InChI is InChI=1S/C10H15N5O3/c1-6-2-4-10(5-3-6,9(17)18)11-8(16)7-12-14-15-13-7/h6H,2-5H2,1H3,(H,11,16)(H,17,18)(H,12,13,14,15). The fourth-order valence-electron chi connectivity index (χ4n) is 2.18. The number of carbonyl (C=O) groups excluding carboxylic acids is 1. The Hall–Kier alpha value is -1.99. The molecule has 2 rings (SSSR count). The first-order chi connectivity index (χ1) is 8.53. The van der Waals surface area contributed by atoms with Crippen LogP contribution in [0.25, 0.3) is 0 Å². The van der Waals surface area contributed by atoms with E-state index >= 15 is 0 Å². The highest BCUT2D eigenvalue weighted by Crippen LogP contribution is 2.32. The van der Waals surface area contributed by atoms with Gasteiger partial charge in [-0.2, -0.15) is 5.21 Å². The van der Waals surface area contributed by atoms with Gasteiger partial charge in [-0.15, -0.1) is 10.2 Å². The number of carbonyl (C=O) groups is 2. The first kappa shape index (κ1) is 12.5. The third-order valence-electron chi connectivity index (χ3n) is 3.44. The number of nitrogens with one attached hydrogen (secondary N) is 2. The van der Waals surface area contributed by atoms with Crippen LogP contribution >= 0.6 is 0 Å². The van der Waals surface area contributed by atoms with Gasteiger partial charge in [-0.1, -0.05) is 6.92 Å². The van der Waals surface area contributed by atoms with Crippen molar-refractivity contribution in [1.29, 1.82) is 0 Å². The maximum Gasteiger partial charge on any atom is 0.329 e. The zero-order valence-corrected chi connectivity index (χ0v) is 10.0. The van der Waals surface area contributed by atoms with Gasteiger partial charge in [-0.3, -0.25) is 4.79 Å². The van der Waals surface area contributed by atoms with Crippen molar-refractivity contribution >= 4 is 11.9 Å². The lowest BCUT2D eigenvalue weighted by atomic mass is 9.77. The zero-order valence-electron chi connectivity index (χ0n) is 10.0. The summed E-state index contributed by atoms with van der Waals surface area (Å²) >= 11 is 0. The Kier molecular flexibility index (Phi) is 3.26. The molecule has 1 heterocycles. The molecular formula is C10H15N5O3. The Morgan fingerprint density at radius 1 is 1.44 bits per heavy atom. The van der Waals surface area contributed by atoms with Crippen LogP contribution in [0, 0.1) is 5.92 Å². The third kappa shape index (κ3) is 2.31. The second-order valence-electron chi connectivity index (χ2n) is 4.76. The topological polar surface area (TPSA) is 121 Å². The van der Waals surface area contributed by atoms with Crippen LogP contribution in [0.4, 0.5) is 0 Å². The third-order valence-corrected chi connectivity index (χ3v) is 3.44. The Labute approximate surface area is 103 Å². The van der Waals surface area contributed by atoms with Crippen molar-refractivity contribution in [2.24, 2.45) is 5.92 Å². The van der Waals surface area contributed by atoms with E-state index in [9.17, 15) is 14.7 Å². The van der Waals surface area contributed by atoms with E-state index < -0.39 is 17.4 Å². The molecule has 0 radical (unpaired) electrons. The summed E-state index contributed by atoms with van der Waals surface area (Å²) in [5.41, 5.74) is -1.20. The summed E-state index contributed by atoms with van der Waals surface area (Å²) in [4.78, 5) is 23.2. The van der Waals surface area contributed by atoms with Crippen LogP contribution in [0.5, 0.6) is 0 Å². The number of aliphatic carboxylic acids is 1. The maximum absolute atomic E-state index is 11.8. The van der Waals surface area contributed by atoms with Crippen molar-refractivity contribution in [2.75, 3.05) is 0 Å². The summed E-state index contributed by atoms with van der Waals surface area (Å²) in [5, 5.41) is 24.4. The van der Waals surface area contributed by atoms with Crippen molar-refractivity contribution < 1.29 is 14.7 Å². The number of H-pyrrole nitrogens is 1. The molecule has 98 valence electrons. The largest absolute Gasteiger partial charge is 0.480 e. The number of carboxylic acids is 1. The number of hydrogen-bond donors (Lipinski definition) is 3. The number of rotatable bonds is 3. The van der Waals surface area contributed by atoms with Gasteiger partial charge in [0.1, 0.15) is 5.54 Å². The van der Waals surface area contributed by atoms with Gasteiger partial charge in [0.2, 0.25) is 0 Å². The minimum atomic E-state index is -1.20. The molecule has 0 bridgehead atoms. The minimum Gasteiger partial charge on any atom is -0.480 e. The number of aromatic amines is 1.